The van der Waals surface area contributed by atoms with Crippen molar-refractivity contribution in [2.75, 3.05) is 46.0 Å². The number of carbonyl (C=O) groups is 1. The Hall–Kier alpha value is -3.22. The van der Waals surface area contributed by atoms with Gasteiger partial charge < -0.3 is 25.5 Å². The highest BCUT2D eigenvalue weighted by molar-refractivity contribution is 5.95. The van der Waals surface area contributed by atoms with Crippen LogP contribution in [0.5, 0.6) is 5.75 Å². The molecule has 3 aromatic heterocycles. The Morgan fingerprint density at radius 1 is 1.24 bits per heavy atom. The third-order valence-electron chi connectivity index (χ3n) is 6.55. The Morgan fingerprint density at radius 2 is 2.00 bits per heavy atom. The number of amides is 1. The molecular weight excluding hydrogens is 489 g/mol. The largest absolute Gasteiger partial charge is 0.491 e. The zero-order valence-corrected chi connectivity index (χ0v) is 20.8. The number of nitrogens with zero attached hydrogens (tertiary/aromatic N) is 3. The summed E-state index contributed by atoms with van der Waals surface area (Å²) in [5.41, 5.74) is 7.04. The highest BCUT2D eigenvalue weighted by atomic mass is 19.4. The van der Waals surface area contributed by atoms with E-state index in [1.54, 1.807) is 38.5 Å². The van der Waals surface area contributed by atoms with Crippen LogP contribution in [0.4, 0.5) is 13.2 Å². The molecule has 1 aliphatic rings. The summed E-state index contributed by atoms with van der Waals surface area (Å²) < 4.78 is 49.4. The summed E-state index contributed by atoms with van der Waals surface area (Å²) in [5.74, 6) is -0.822. The zero-order valence-electron chi connectivity index (χ0n) is 20.8. The number of rotatable bonds is 9. The van der Waals surface area contributed by atoms with E-state index in [4.69, 9.17) is 15.2 Å². The molecule has 0 spiro atoms. The number of ether oxygens (including phenoxy) is 2. The molecule has 0 unspecified atom stereocenters. The SMILES string of the molecule is CC(C)[C@](N)(C(=O)NCC(F)(F)F)c1cncc(-c2c[nH]c3ncc(OCCN4CCOCC4)cc23)c1. The van der Waals surface area contributed by atoms with Crippen molar-refractivity contribution in [3.8, 4) is 16.9 Å². The van der Waals surface area contributed by atoms with Crippen molar-refractivity contribution in [1.29, 1.82) is 0 Å². The molecule has 9 nitrogen and oxygen atoms in total. The van der Waals surface area contributed by atoms with Gasteiger partial charge >= 0.3 is 6.18 Å². The number of alkyl halides is 3. The molecule has 37 heavy (non-hydrogen) atoms. The van der Waals surface area contributed by atoms with Crippen LogP contribution in [0.2, 0.25) is 0 Å². The van der Waals surface area contributed by atoms with Crippen molar-refractivity contribution in [1.82, 2.24) is 25.2 Å². The number of H-pyrrole nitrogens is 1. The molecule has 0 bridgehead atoms. The molecule has 1 fully saturated rings. The van der Waals surface area contributed by atoms with Crippen LogP contribution in [-0.4, -0.2) is 77.9 Å². The van der Waals surface area contributed by atoms with Crippen molar-refractivity contribution in [3.05, 3.63) is 42.5 Å². The number of nitrogens with two attached hydrogens (primary N) is 1. The molecule has 1 atom stereocenters. The second-order valence-corrected chi connectivity index (χ2v) is 9.36. The summed E-state index contributed by atoms with van der Waals surface area (Å²) in [6.07, 6.45) is 1.86. The van der Waals surface area contributed by atoms with E-state index in [9.17, 15) is 18.0 Å². The first-order chi connectivity index (χ1) is 17.6. The number of nitrogens with one attached hydrogen (secondary N) is 2. The number of carbonyl (C=O) groups excluding carboxylic acids is 1. The Balaban J connectivity index is 1.57. The van der Waals surface area contributed by atoms with E-state index < -0.39 is 30.1 Å². The lowest BCUT2D eigenvalue weighted by Gasteiger charge is -2.32. The number of halogens is 3. The van der Waals surface area contributed by atoms with Gasteiger partial charge in [0.25, 0.3) is 0 Å². The summed E-state index contributed by atoms with van der Waals surface area (Å²) >= 11 is 0. The Kier molecular flexibility index (Phi) is 8.00. The van der Waals surface area contributed by atoms with Gasteiger partial charge in [-0.15, -0.1) is 0 Å². The van der Waals surface area contributed by atoms with Gasteiger partial charge in [-0.25, -0.2) is 4.98 Å². The molecule has 200 valence electrons. The molecule has 0 aromatic carbocycles. The standard InChI is InChI=1S/C25H31F3N6O3/c1-16(2)25(29,23(35)33-15-24(26,27)28)18-9-17(11-30-12-18)21-14-32-22-20(21)10-19(13-31-22)37-8-5-34-3-6-36-7-4-34/h9-14,16H,3-8,15,29H2,1-2H3,(H,31,32)(H,33,35)/t25-/m1/s1. The smallest absolute Gasteiger partial charge is 0.405 e. The van der Waals surface area contributed by atoms with E-state index in [1.165, 1.54) is 6.20 Å². The Labute approximate surface area is 212 Å². The minimum absolute atomic E-state index is 0.305. The number of hydrogen-bond acceptors (Lipinski definition) is 7. The number of pyridine rings is 2. The van der Waals surface area contributed by atoms with Crippen LogP contribution in [0.1, 0.15) is 19.4 Å². The summed E-state index contributed by atoms with van der Waals surface area (Å²) in [4.78, 5) is 26.9. The second kappa shape index (κ2) is 11.0. The first-order valence-electron chi connectivity index (χ1n) is 12.1. The molecule has 0 saturated carbocycles. The van der Waals surface area contributed by atoms with Gasteiger partial charge in [0, 0.05) is 60.3 Å². The normalized spacial score (nSPS) is 16.6. The van der Waals surface area contributed by atoms with Crippen molar-refractivity contribution < 1.29 is 27.4 Å². The Morgan fingerprint density at radius 3 is 2.70 bits per heavy atom. The molecule has 3 aromatic rings. The third kappa shape index (κ3) is 6.20. The quantitative estimate of drug-likeness (QED) is 0.397. The number of hydrogen-bond donors (Lipinski definition) is 3. The lowest BCUT2D eigenvalue weighted by atomic mass is 9.80. The summed E-state index contributed by atoms with van der Waals surface area (Å²) in [6, 6.07) is 3.54. The van der Waals surface area contributed by atoms with E-state index in [0.29, 0.717) is 29.1 Å². The summed E-state index contributed by atoms with van der Waals surface area (Å²) in [7, 11) is 0. The van der Waals surface area contributed by atoms with Gasteiger partial charge in [-0.1, -0.05) is 13.8 Å². The average Bonchev–Trinajstić information content (AvgIpc) is 3.30. The van der Waals surface area contributed by atoms with Crippen LogP contribution in [0.25, 0.3) is 22.2 Å². The van der Waals surface area contributed by atoms with Crippen LogP contribution in [-0.2, 0) is 15.1 Å². The molecule has 1 saturated heterocycles. The lowest BCUT2D eigenvalue weighted by molar-refractivity contribution is -0.143. The van der Waals surface area contributed by atoms with E-state index in [1.807, 2.05) is 11.4 Å². The topological polar surface area (TPSA) is 118 Å². The molecule has 12 heteroatoms. The van der Waals surface area contributed by atoms with Crippen LogP contribution >= 0.6 is 0 Å². The van der Waals surface area contributed by atoms with Gasteiger partial charge in [0.05, 0.1) is 19.4 Å². The first-order valence-corrected chi connectivity index (χ1v) is 12.1. The van der Waals surface area contributed by atoms with E-state index in [2.05, 4.69) is 19.9 Å². The van der Waals surface area contributed by atoms with Gasteiger partial charge in [-0.05, 0) is 18.1 Å². The highest BCUT2D eigenvalue weighted by Crippen LogP contribution is 2.34. The van der Waals surface area contributed by atoms with Crippen LogP contribution in [0.15, 0.2) is 36.9 Å². The first kappa shape index (κ1) is 26.8. The minimum Gasteiger partial charge on any atom is -0.491 e. The molecule has 1 amide bonds. The molecular formula is C25H31F3N6O3. The van der Waals surface area contributed by atoms with Gasteiger partial charge in [0.15, 0.2) is 0 Å². The maximum atomic E-state index is 12.8. The number of aromatic nitrogens is 3. The third-order valence-corrected chi connectivity index (χ3v) is 6.55. The van der Waals surface area contributed by atoms with E-state index in [-0.39, 0.29) is 0 Å². The monoisotopic (exact) mass is 520 g/mol. The maximum absolute atomic E-state index is 12.8. The van der Waals surface area contributed by atoms with Gasteiger partial charge in [-0.3, -0.25) is 14.7 Å². The predicted molar refractivity (Wildman–Crippen MR) is 132 cm³/mol. The molecule has 0 aliphatic carbocycles. The summed E-state index contributed by atoms with van der Waals surface area (Å²) in [5, 5.41) is 2.69. The lowest BCUT2D eigenvalue weighted by Crippen LogP contribution is -2.56. The predicted octanol–water partition coefficient (Wildman–Crippen LogP) is 2.82. The van der Waals surface area contributed by atoms with Gasteiger partial charge in [0.2, 0.25) is 5.91 Å². The highest BCUT2D eigenvalue weighted by Gasteiger charge is 2.41. The molecule has 1 aliphatic heterocycles. The van der Waals surface area contributed by atoms with E-state index in [0.717, 1.165) is 43.8 Å². The summed E-state index contributed by atoms with van der Waals surface area (Å²) in [6.45, 7) is 6.35. The van der Waals surface area contributed by atoms with Gasteiger partial charge in [0.1, 0.15) is 30.1 Å². The second-order valence-electron chi connectivity index (χ2n) is 9.36. The fraction of sp³-hybridized carbons (Fsp3) is 0.480. The van der Waals surface area contributed by atoms with Crippen LogP contribution in [0.3, 0.4) is 0 Å². The number of morpholine rings is 1. The molecule has 4 heterocycles. The van der Waals surface area contributed by atoms with Crippen molar-refractivity contribution in [2.24, 2.45) is 11.7 Å². The van der Waals surface area contributed by atoms with Crippen molar-refractivity contribution in [2.45, 2.75) is 25.6 Å². The fourth-order valence-electron chi connectivity index (χ4n) is 4.29. The van der Waals surface area contributed by atoms with Crippen molar-refractivity contribution >= 4 is 16.9 Å². The fourth-order valence-corrected chi connectivity index (χ4v) is 4.29. The van der Waals surface area contributed by atoms with Crippen LogP contribution in [0, 0.1) is 5.92 Å². The van der Waals surface area contributed by atoms with Crippen molar-refractivity contribution in [3.63, 3.8) is 0 Å². The number of aromatic amines is 1. The van der Waals surface area contributed by atoms with Gasteiger partial charge in [-0.2, -0.15) is 13.2 Å². The minimum atomic E-state index is -4.55. The molecule has 4 N–H and O–H groups in total. The molecule has 0 radical (unpaired) electrons. The molecule has 4 rings (SSSR count). The Bertz CT molecular complexity index is 1230. The average molecular weight is 521 g/mol. The number of fused-ring (bicyclic) bond motifs is 1. The zero-order chi connectivity index (χ0) is 26.6. The maximum Gasteiger partial charge on any atom is 0.405 e. The van der Waals surface area contributed by atoms with E-state index >= 15 is 0 Å². The van der Waals surface area contributed by atoms with Crippen LogP contribution < -0.4 is 15.8 Å².